The number of nitrogens with zero attached hydrogens (tertiary/aromatic N) is 2. The van der Waals surface area contributed by atoms with Crippen molar-refractivity contribution in [2.75, 3.05) is 0 Å². The molecule has 0 amide bonds. The highest BCUT2D eigenvalue weighted by Gasteiger charge is 2.33. The first-order valence-corrected chi connectivity index (χ1v) is 8.81. The quantitative estimate of drug-likeness (QED) is 0.432. The van der Waals surface area contributed by atoms with Crippen LogP contribution in [0.25, 0.3) is 10.9 Å². The maximum atomic E-state index is 13.5. The summed E-state index contributed by atoms with van der Waals surface area (Å²) in [5, 5.41) is 11.7. The van der Waals surface area contributed by atoms with E-state index < -0.39 is 0 Å². The summed E-state index contributed by atoms with van der Waals surface area (Å²) in [6, 6.07) is 14.4. The minimum atomic E-state index is -0.277. The highest BCUT2D eigenvalue weighted by molar-refractivity contribution is 7.71. The molecule has 1 aliphatic heterocycles. The van der Waals surface area contributed by atoms with E-state index in [1.165, 1.54) is 12.1 Å². The van der Waals surface area contributed by atoms with Crippen molar-refractivity contribution in [2.45, 2.75) is 12.5 Å². The topological polar surface area (TPSA) is 45.9 Å². The van der Waals surface area contributed by atoms with Crippen molar-refractivity contribution in [1.82, 2.24) is 14.1 Å². The van der Waals surface area contributed by atoms with E-state index in [0.29, 0.717) is 11.2 Å². The van der Waals surface area contributed by atoms with Crippen LogP contribution < -0.4 is 0 Å². The number of para-hydroxylation sites is 1. The van der Waals surface area contributed by atoms with Gasteiger partial charge in [0.25, 0.3) is 0 Å². The number of aromatic nitrogens is 3. The average molecular weight is 365 g/mol. The first-order chi connectivity index (χ1) is 12.6. The van der Waals surface area contributed by atoms with Crippen LogP contribution in [0, 0.1) is 10.6 Å². The zero-order valence-corrected chi connectivity index (χ0v) is 14.8. The summed E-state index contributed by atoms with van der Waals surface area (Å²) < 4.78 is 17.6. The van der Waals surface area contributed by atoms with Gasteiger partial charge in [-0.25, -0.2) is 4.39 Å². The summed E-state index contributed by atoms with van der Waals surface area (Å²) in [5.74, 6) is -0.0980. The van der Waals surface area contributed by atoms with Crippen LogP contribution in [0.2, 0.25) is 0 Å². The first kappa shape index (κ1) is 15.4. The highest BCUT2D eigenvalue weighted by Crippen LogP contribution is 2.42. The number of hydrogen-bond acceptors (Lipinski definition) is 2. The Hall–Kier alpha value is -2.86. The molecule has 0 spiro atoms. The lowest BCUT2D eigenvalue weighted by Crippen LogP contribution is -2.21. The van der Waals surface area contributed by atoms with Gasteiger partial charge in [-0.15, -0.1) is 0 Å². The third-order valence-corrected chi connectivity index (χ3v) is 5.74. The van der Waals surface area contributed by atoms with Gasteiger partial charge in [0.2, 0.25) is 5.88 Å². The van der Waals surface area contributed by atoms with Crippen molar-refractivity contribution in [3.63, 3.8) is 0 Å². The number of H-pyrrole nitrogens is 1. The summed E-state index contributed by atoms with van der Waals surface area (Å²) in [6.45, 7) is 0. The molecule has 2 N–H and O–H groups in total. The Morgan fingerprint density at radius 3 is 2.65 bits per heavy atom. The van der Waals surface area contributed by atoms with Gasteiger partial charge in [-0.1, -0.05) is 30.3 Å². The van der Waals surface area contributed by atoms with Crippen LogP contribution in [0.4, 0.5) is 4.39 Å². The second-order valence-electron chi connectivity index (χ2n) is 6.68. The standard InChI is InChI=1S/C20H16FN3OS/c1-23-19(25)16-10-14-13-4-2-3-5-15(13)22-17(14)18(24(16)20(23)26)11-6-8-12(21)9-7-11/h2-9,18,22,25H,10H2,1H3. The maximum absolute atomic E-state index is 13.5. The molecule has 1 atom stereocenters. The molecule has 3 heterocycles. The highest BCUT2D eigenvalue weighted by atomic mass is 32.1. The summed E-state index contributed by atoms with van der Waals surface area (Å²) in [4.78, 5) is 3.52. The van der Waals surface area contributed by atoms with Crippen LogP contribution in [-0.4, -0.2) is 19.2 Å². The summed E-state index contributed by atoms with van der Waals surface area (Å²) in [6.07, 6.45) is 0.591. The predicted octanol–water partition coefficient (Wildman–Crippen LogP) is 4.42. The number of nitrogens with one attached hydrogen (secondary N) is 1. The fourth-order valence-electron chi connectivity index (χ4n) is 4.00. The monoisotopic (exact) mass is 365 g/mol. The van der Waals surface area contributed by atoms with Crippen LogP contribution in [0.5, 0.6) is 5.88 Å². The lowest BCUT2D eigenvalue weighted by atomic mass is 9.93. The molecular formula is C20H16FN3OS. The minimum absolute atomic E-state index is 0.179. The van der Waals surface area contributed by atoms with Gasteiger partial charge in [0.15, 0.2) is 4.77 Å². The molecule has 2 aromatic heterocycles. The van der Waals surface area contributed by atoms with E-state index in [4.69, 9.17) is 12.2 Å². The molecule has 0 radical (unpaired) electrons. The molecule has 4 aromatic rings. The van der Waals surface area contributed by atoms with Gasteiger partial charge in [0.1, 0.15) is 11.9 Å². The Kier molecular flexibility index (Phi) is 3.15. The molecule has 0 bridgehead atoms. The van der Waals surface area contributed by atoms with Crippen molar-refractivity contribution < 1.29 is 9.50 Å². The zero-order chi connectivity index (χ0) is 18.0. The second-order valence-corrected chi connectivity index (χ2v) is 7.04. The first-order valence-electron chi connectivity index (χ1n) is 8.40. The Morgan fingerprint density at radius 1 is 1.15 bits per heavy atom. The number of fused-ring (bicyclic) bond motifs is 4. The zero-order valence-electron chi connectivity index (χ0n) is 14.0. The van der Waals surface area contributed by atoms with Gasteiger partial charge in [-0.05, 0) is 41.5 Å². The van der Waals surface area contributed by atoms with E-state index in [2.05, 4.69) is 11.1 Å². The molecule has 0 aliphatic carbocycles. The van der Waals surface area contributed by atoms with E-state index in [9.17, 15) is 9.50 Å². The Morgan fingerprint density at radius 2 is 1.88 bits per heavy atom. The molecular weight excluding hydrogens is 349 g/mol. The number of benzene rings is 2. The molecule has 2 aromatic carbocycles. The third kappa shape index (κ3) is 1.96. The molecule has 0 saturated heterocycles. The fraction of sp³-hybridized carbons (Fsp3) is 0.150. The number of halogens is 1. The lowest BCUT2D eigenvalue weighted by Gasteiger charge is -2.26. The van der Waals surface area contributed by atoms with Gasteiger partial charge in [0, 0.05) is 30.1 Å². The van der Waals surface area contributed by atoms with Crippen LogP contribution in [0.15, 0.2) is 48.5 Å². The van der Waals surface area contributed by atoms with E-state index in [1.807, 2.05) is 22.8 Å². The fourth-order valence-corrected chi connectivity index (χ4v) is 4.30. The summed E-state index contributed by atoms with van der Waals surface area (Å²) in [7, 11) is 1.76. The van der Waals surface area contributed by atoms with Crippen molar-refractivity contribution in [2.24, 2.45) is 7.05 Å². The molecule has 5 rings (SSSR count). The smallest absolute Gasteiger partial charge is 0.213 e. The van der Waals surface area contributed by atoms with Crippen molar-refractivity contribution >= 4 is 23.1 Å². The Labute approximate surface area is 154 Å². The van der Waals surface area contributed by atoms with Crippen molar-refractivity contribution in [1.29, 1.82) is 0 Å². The molecule has 0 fully saturated rings. The number of imidazole rings is 1. The molecule has 26 heavy (non-hydrogen) atoms. The van der Waals surface area contributed by atoms with E-state index >= 15 is 0 Å². The van der Waals surface area contributed by atoms with E-state index in [1.54, 1.807) is 23.7 Å². The molecule has 0 saturated carbocycles. The number of aromatic amines is 1. The second kappa shape index (κ2) is 5.32. The molecule has 130 valence electrons. The normalized spacial score (nSPS) is 15.8. The van der Waals surface area contributed by atoms with Crippen molar-refractivity contribution in [3.05, 3.63) is 81.6 Å². The summed E-state index contributed by atoms with van der Waals surface area (Å²) in [5.41, 5.74) is 4.92. The van der Waals surface area contributed by atoms with Gasteiger partial charge >= 0.3 is 0 Å². The molecule has 4 nitrogen and oxygen atoms in total. The number of aromatic hydroxyl groups is 1. The minimum Gasteiger partial charge on any atom is -0.493 e. The average Bonchev–Trinajstić information content (AvgIpc) is 3.13. The van der Waals surface area contributed by atoms with Crippen LogP contribution >= 0.6 is 12.2 Å². The van der Waals surface area contributed by atoms with Crippen LogP contribution in [0.1, 0.15) is 28.6 Å². The van der Waals surface area contributed by atoms with Crippen LogP contribution in [0.3, 0.4) is 0 Å². The van der Waals surface area contributed by atoms with Gasteiger partial charge < -0.3 is 14.7 Å². The third-order valence-electron chi connectivity index (χ3n) is 5.27. The largest absolute Gasteiger partial charge is 0.493 e. The van der Waals surface area contributed by atoms with Gasteiger partial charge in [-0.2, -0.15) is 0 Å². The number of hydrogen-bond donors (Lipinski definition) is 2. The lowest BCUT2D eigenvalue weighted by molar-refractivity contribution is 0.424. The van der Waals surface area contributed by atoms with Crippen molar-refractivity contribution in [3.8, 4) is 5.88 Å². The van der Waals surface area contributed by atoms with E-state index in [0.717, 1.165) is 33.4 Å². The SMILES string of the molecule is Cn1c(O)c2n(c1=S)C(c1ccc(F)cc1)c1[nH]c3ccccc3c1C2. The maximum Gasteiger partial charge on any atom is 0.213 e. The Bertz CT molecular complexity index is 1220. The molecule has 1 unspecified atom stereocenters. The predicted molar refractivity (Wildman–Crippen MR) is 101 cm³/mol. The van der Waals surface area contributed by atoms with Gasteiger partial charge in [0.05, 0.1) is 5.69 Å². The van der Waals surface area contributed by atoms with Crippen LogP contribution in [-0.2, 0) is 13.5 Å². The Balaban J connectivity index is 1.87. The van der Waals surface area contributed by atoms with E-state index in [-0.39, 0.29) is 17.7 Å². The molecule has 1 aliphatic rings. The number of rotatable bonds is 1. The van der Waals surface area contributed by atoms with Gasteiger partial charge in [-0.3, -0.25) is 4.57 Å². The summed E-state index contributed by atoms with van der Waals surface area (Å²) >= 11 is 5.59. The molecule has 6 heteroatoms.